The van der Waals surface area contributed by atoms with E-state index in [1.165, 1.54) is 6.33 Å². The molecule has 1 atom stereocenters. The third-order valence-corrected chi connectivity index (χ3v) is 5.46. The van der Waals surface area contributed by atoms with Crippen molar-refractivity contribution in [3.05, 3.63) is 52.8 Å². The summed E-state index contributed by atoms with van der Waals surface area (Å²) in [6.07, 6.45) is 1.45. The van der Waals surface area contributed by atoms with Gasteiger partial charge in [0, 0.05) is 22.9 Å². The third-order valence-electron chi connectivity index (χ3n) is 3.78. The zero-order valence-electron chi connectivity index (χ0n) is 14.4. The summed E-state index contributed by atoms with van der Waals surface area (Å²) in [7, 11) is -2.76. The largest absolute Gasteiger partial charge is 0.488 e. The van der Waals surface area contributed by atoms with Gasteiger partial charge in [0.15, 0.2) is 0 Å². The van der Waals surface area contributed by atoms with E-state index < -0.39 is 9.71 Å². The number of halogens is 1. The molecule has 1 aromatic heterocycles. The van der Waals surface area contributed by atoms with E-state index in [0.717, 1.165) is 15.4 Å². The number of fused-ring (bicyclic) bond motifs is 1. The number of nitrogens with zero attached hydrogens (tertiary/aromatic N) is 2. The maximum Gasteiger partial charge on any atom is 0.137 e. The second kappa shape index (κ2) is 8.22. The Morgan fingerprint density at radius 1 is 1.30 bits per heavy atom. The SMILES string of the molecule is C=S(N)(=O)c1cccc(COc2cc3ncnc(NCCO)c3cc2Br)c1. The molecule has 0 bridgehead atoms. The molecular weight excluding hydrogens is 432 g/mol. The Bertz CT molecular complexity index is 1070. The van der Waals surface area contributed by atoms with Crippen molar-refractivity contribution in [1.82, 2.24) is 9.97 Å². The number of benzene rings is 2. The maximum absolute atomic E-state index is 11.9. The second-order valence-electron chi connectivity index (χ2n) is 5.83. The molecule has 0 radical (unpaired) electrons. The highest BCUT2D eigenvalue weighted by Gasteiger charge is 2.10. The monoisotopic (exact) mass is 450 g/mol. The predicted octanol–water partition coefficient (Wildman–Crippen LogP) is 2.32. The van der Waals surface area contributed by atoms with Gasteiger partial charge in [-0.25, -0.2) is 14.2 Å². The maximum atomic E-state index is 11.9. The van der Waals surface area contributed by atoms with Gasteiger partial charge in [-0.1, -0.05) is 12.1 Å². The first-order valence-electron chi connectivity index (χ1n) is 8.04. The van der Waals surface area contributed by atoms with E-state index in [2.05, 4.69) is 37.1 Å². The van der Waals surface area contributed by atoms with Gasteiger partial charge < -0.3 is 15.2 Å². The first kappa shape index (κ1) is 19.6. The van der Waals surface area contributed by atoms with Crippen LogP contribution >= 0.6 is 15.9 Å². The average molecular weight is 451 g/mol. The molecule has 27 heavy (non-hydrogen) atoms. The van der Waals surface area contributed by atoms with E-state index in [-0.39, 0.29) is 13.2 Å². The molecule has 7 nitrogen and oxygen atoms in total. The molecule has 0 saturated heterocycles. The van der Waals surface area contributed by atoms with Crippen molar-refractivity contribution in [2.24, 2.45) is 5.14 Å². The van der Waals surface area contributed by atoms with Crippen molar-refractivity contribution in [3.8, 4) is 5.75 Å². The van der Waals surface area contributed by atoms with Crippen molar-refractivity contribution >= 4 is 48.2 Å². The molecule has 0 aliphatic rings. The lowest BCUT2D eigenvalue weighted by atomic mass is 10.2. The molecule has 0 saturated carbocycles. The van der Waals surface area contributed by atoms with Gasteiger partial charge in [0.25, 0.3) is 0 Å². The molecule has 9 heteroatoms. The van der Waals surface area contributed by atoms with Crippen molar-refractivity contribution in [2.75, 3.05) is 18.5 Å². The lowest BCUT2D eigenvalue weighted by Gasteiger charge is -2.12. The quantitative estimate of drug-likeness (QED) is 0.476. The van der Waals surface area contributed by atoms with Crippen LogP contribution in [0.25, 0.3) is 10.9 Å². The number of anilines is 1. The molecule has 1 heterocycles. The van der Waals surface area contributed by atoms with Crippen LogP contribution in [-0.4, -0.2) is 38.3 Å². The number of hydrogen-bond donors (Lipinski definition) is 3. The van der Waals surface area contributed by atoms with Gasteiger partial charge >= 0.3 is 0 Å². The summed E-state index contributed by atoms with van der Waals surface area (Å²) in [4.78, 5) is 8.96. The first-order chi connectivity index (χ1) is 12.9. The van der Waals surface area contributed by atoms with Gasteiger partial charge in [-0.15, -0.1) is 0 Å². The number of aromatic nitrogens is 2. The van der Waals surface area contributed by atoms with Crippen LogP contribution in [0.3, 0.4) is 0 Å². The fourth-order valence-corrected chi connectivity index (χ4v) is 3.61. The van der Waals surface area contributed by atoms with Crippen LogP contribution in [0.2, 0.25) is 0 Å². The number of aliphatic hydroxyl groups excluding tert-OH is 1. The van der Waals surface area contributed by atoms with Crippen LogP contribution in [-0.2, 0) is 16.3 Å². The molecule has 0 spiro atoms. The smallest absolute Gasteiger partial charge is 0.137 e. The van der Waals surface area contributed by atoms with Crippen molar-refractivity contribution < 1.29 is 14.1 Å². The molecular formula is C18H19BrN4O3S. The van der Waals surface area contributed by atoms with Gasteiger partial charge in [0.1, 0.15) is 24.5 Å². The van der Waals surface area contributed by atoms with Gasteiger partial charge in [-0.05, 0) is 45.6 Å². The summed E-state index contributed by atoms with van der Waals surface area (Å²) in [5.74, 6) is 4.75. The fourth-order valence-electron chi connectivity index (χ4n) is 2.49. The van der Waals surface area contributed by atoms with Crippen LogP contribution in [0.4, 0.5) is 5.82 Å². The zero-order valence-corrected chi connectivity index (χ0v) is 16.8. The molecule has 0 aliphatic carbocycles. The number of ether oxygens (including phenoxy) is 1. The molecule has 4 N–H and O–H groups in total. The van der Waals surface area contributed by atoms with E-state index in [1.807, 2.05) is 18.2 Å². The van der Waals surface area contributed by atoms with Crippen molar-refractivity contribution in [3.63, 3.8) is 0 Å². The third kappa shape index (κ3) is 4.75. The molecule has 0 aliphatic heterocycles. The predicted molar refractivity (Wildman–Crippen MR) is 111 cm³/mol. The molecule has 0 fully saturated rings. The highest BCUT2D eigenvalue weighted by atomic mass is 79.9. The summed E-state index contributed by atoms with van der Waals surface area (Å²) >= 11 is 3.51. The van der Waals surface area contributed by atoms with Gasteiger partial charge in [-0.2, -0.15) is 0 Å². The molecule has 142 valence electrons. The zero-order chi connectivity index (χ0) is 19.4. The van der Waals surface area contributed by atoms with E-state index in [4.69, 9.17) is 15.0 Å². The summed E-state index contributed by atoms with van der Waals surface area (Å²) in [5, 5.41) is 18.4. The minimum atomic E-state index is -2.76. The van der Waals surface area contributed by atoms with E-state index in [1.54, 1.807) is 18.2 Å². The molecule has 2 aromatic carbocycles. The van der Waals surface area contributed by atoms with Gasteiger partial charge in [0.2, 0.25) is 0 Å². The molecule has 3 aromatic rings. The summed E-state index contributed by atoms with van der Waals surface area (Å²) in [6.45, 7) is 0.679. The minimum Gasteiger partial charge on any atom is -0.488 e. The fraction of sp³-hybridized carbons (Fsp3) is 0.167. The first-order valence-corrected chi connectivity index (χ1v) is 10.6. The Balaban J connectivity index is 1.85. The lowest BCUT2D eigenvalue weighted by molar-refractivity contribution is 0.304. The van der Waals surface area contributed by atoms with Crippen LogP contribution in [0, 0.1) is 0 Å². The number of hydrogen-bond acceptors (Lipinski definition) is 6. The topological polar surface area (TPSA) is 110 Å². The van der Waals surface area contributed by atoms with Crippen molar-refractivity contribution in [1.29, 1.82) is 0 Å². The highest BCUT2D eigenvalue weighted by Crippen LogP contribution is 2.32. The molecule has 3 rings (SSSR count). The molecule has 0 amide bonds. The summed E-state index contributed by atoms with van der Waals surface area (Å²) in [6, 6.07) is 10.7. The number of nitrogens with two attached hydrogens (primary N) is 1. The van der Waals surface area contributed by atoms with Gasteiger partial charge in [0.05, 0.1) is 26.3 Å². The summed E-state index contributed by atoms with van der Waals surface area (Å²) < 4.78 is 18.5. The standard InChI is InChI=1S/C18H19BrN4O3S/c1-27(20,25)13-4-2-3-12(7-13)10-26-17-9-16-14(8-15(17)19)18(21-5-6-24)23-11-22-16/h2-4,7-9,11,24H,1,5-6,10H2,(H2,20,25)(H,21,22,23). The Morgan fingerprint density at radius 2 is 2.11 bits per heavy atom. The Kier molecular flexibility index (Phi) is 5.95. The highest BCUT2D eigenvalue weighted by molar-refractivity contribution is 9.10. The Labute approximate surface area is 165 Å². The Hall–Kier alpha value is -2.20. The normalized spacial score (nSPS) is 13.3. The average Bonchev–Trinajstić information content (AvgIpc) is 2.64. The van der Waals surface area contributed by atoms with Gasteiger partial charge in [-0.3, -0.25) is 5.14 Å². The minimum absolute atomic E-state index is 0.00929. The van der Waals surface area contributed by atoms with Crippen LogP contribution in [0.1, 0.15) is 5.56 Å². The van der Waals surface area contributed by atoms with Crippen LogP contribution < -0.4 is 15.2 Å². The van der Waals surface area contributed by atoms with Crippen molar-refractivity contribution in [2.45, 2.75) is 11.5 Å². The lowest BCUT2D eigenvalue weighted by Crippen LogP contribution is -2.12. The van der Waals surface area contributed by atoms with E-state index in [9.17, 15) is 4.21 Å². The van der Waals surface area contributed by atoms with E-state index in [0.29, 0.717) is 28.5 Å². The number of rotatable bonds is 7. The Morgan fingerprint density at radius 3 is 2.85 bits per heavy atom. The van der Waals surface area contributed by atoms with Crippen LogP contribution in [0.5, 0.6) is 5.75 Å². The van der Waals surface area contributed by atoms with E-state index >= 15 is 0 Å². The molecule has 1 unspecified atom stereocenters. The van der Waals surface area contributed by atoms with Crippen LogP contribution in [0.15, 0.2) is 52.1 Å². The number of nitrogens with one attached hydrogen (secondary N) is 1. The summed E-state index contributed by atoms with van der Waals surface area (Å²) in [5.41, 5.74) is 1.54. The number of aliphatic hydroxyl groups is 1. The second-order valence-corrected chi connectivity index (χ2v) is 8.61.